The second kappa shape index (κ2) is 8.43. The molecular formula is C20H21FN2O4S. The van der Waals surface area contributed by atoms with Gasteiger partial charge < -0.3 is 10.1 Å². The van der Waals surface area contributed by atoms with E-state index in [0.29, 0.717) is 17.9 Å². The summed E-state index contributed by atoms with van der Waals surface area (Å²) in [5.74, 6) is -0.149. The van der Waals surface area contributed by atoms with Crippen molar-refractivity contribution in [1.29, 1.82) is 0 Å². The number of hydrogen-bond donors (Lipinski definition) is 2. The molecule has 1 atom stereocenters. The first-order chi connectivity index (χ1) is 13.4. The van der Waals surface area contributed by atoms with E-state index in [0.717, 1.165) is 25.0 Å². The zero-order chi connectivity index (χ0) is 20.1. The number of carbonyl (C=O) groups is 1. The molecule has 1 amide bonds. The van der Waals surface area contributed by atoms with E-state index in [1.165, 1.54) is 25.3 Å². The largest absolute Gasteiger partial charge is 0.495 e. The van der Waals surface area contributed by atoms with Crippen LogP contribution in [0.2, 0.25) is 0 Å². The van der Waals surface area contributed by atoms with E-state index < -0.39 is 15.8 Å². The molecule has 2 aromatic carbocycles. The van der Waals surface area contributed by atoms with Crippen LogP contribution in [0.1, 0.15) is 19.3 Å². The van der Waals surface area contributed by atoms with Gasteiger partial charge in [-0.1, -0.05) is 12.2 Å². The summed E-state index contributed by atoms with van der Waals surface area (Å²) in [5, 5.41) is 2.78. The number of methoxy groups -OCH3 is 1. The third kappa shape index (κ3) is 4.89. The lowest BCUT2D eigenvalue weighted by atomic mass is 10.1. The van der Waals surface area contributed by atoms with Gasteiger partial charge in [-0.05, 0) is 61.2 Å². The van der Waals surface area contributed by atoms with Crippen molar-refractivity contribution in [1.82, 2.24) is 0 Å². The Balaban J connectivity index is 1.77. The molecule has 0 aromatic heterocycles. The van der Waals surface area contributed by atoms with Crippen LogP contribution < -0.4 is 14.8 Å². The van der Waals surface area contributed by atoms with Crippen LogP contribution in [0.5, 0.6) is 5.75 Å². The molecule has 0 spiro atoms. The third-order valence-corrected chi connectivity index (χ3v) is 5.79. The number of ether oxygens (including phenoxy) is 1. The number of nitrogens with one attached hydrogen (secondary N) is 2. The average Bonchev–Trinajstić information content (AvgIpc) is 3.15. The first-order valence-electron chi connectivity index (χ1n) is 8.80. The van der Waals surface area contributed by atoms with Crippen LogP contribution in [0.25, 0.3) is 0 Å². The van der Waals surface area contributed by atoms with Crippen LogP contribution >= 0.6 is 0 Å². The second-order valence-corrected chi connectivity index (χ2v) is 8.17. The van der Waals surface area contributed by atoms with Crippen LogP contribution in [0.3, 0.4) is 0 Å². The molecule has 2 aromatic rings. The predicted molar refractivity (Wildman–Crippen MR) is 105 cm³/mol. The molecule has 28 heavy (non-hydrogen) atoms. The molecule has 8 heteroatoms. The fourth-order valence-corrected chi connectivity index (χ4v) is 4.06. The van der Waals surface area contributed by atoms with Gasteiger partial charge in [-0.25, -0.2) is 12.8 Å². The van der Waals surface area contributed by atoms with Crippen molar-refractivity contribution in [3.8, 4) is 5.75 Å². The van der Waals surface area contributed by atoms with Crippen molar-refractivity contribution in [2.45, 2.75) is 24.2 Å². The highest BCUT2D eigenvalue weighted by atomic mass is 32.2. The van der Waals surface area contributed by atoms with Crippen LogP contribution in [-0.4, -0.2) is 21.4 Å². The number of halogens is 1. The van der Waals surface area contributed by atoms with Crippen LogP contribution in [-0.2, 0) is 14.8 Å². The SMILES string of the molecule is COc1ccc(NC(=O)C[C@H]2C=CCC2)cc1NS(=O)(=O)c1ccc(F)cc1. The zero-order valence-corrected chi connectivity index (χ0v) is 16.1. The molecule has 0 bridgehead atoms. The zero-order valence-electron chi connectivity index (χ0n) is 15.3. The molecule has 3 rings (SSSR count). The van der Waals surface area contributed by atoms with Gasteiger partial charge in [-0.2, -0.15) is 0 Å². The lowest BCUT2D eigenvalue weighted by Crippen LogP contribution is -2.16. The normalized spacial score (nSPS) is 16.0. The minimum absolute atomic E-state index is 0.0848. The number of allylic oxidation sites excluding steroid dienone is 2. The Bertz CT molecular complexity index is 988. The predicted octanol–water partition coefficient (Wildman–Crippen LogP) is 3.93. The Morgan fingerprint density at radius 3 is 2.61 bits per heavy atom. The van der Waals surface area contributed by atoms with Crippen LogP contribution in [0, 0.1) is 11.7 Å². The smallest absolute Gasteiger partial charge is 0.262 e. The van der Waals surface area contributed by atoms with Crippen LogP contribution in [0.15, 0.2) is 59.5 Å². The topological polar surface area (TPSA) is 84.5 Å². The highest BCUT2D eigenvalue weighted by molar-refractivity contribution is 7.92. The molecular weight excluding hydrogens is 383 g/mol. The summed E-state index contributed by atoms with van der Waals surface area (Å²) in [6, 6.07) is 9.17. The van der Waals surface area contributed by atoms with Gasteiger partial charge in [0.15, 0.2) is 0 Å². The minimum Gasteiger partial charge on any atom is -0.495 e. The summed E-state index contributed by atoms with van der Waals surface area (Å²) < 4.78 is 45.8. The van der Waals surface area contributed by atoms with Gasteiger partial charge in [0, 0.05) is 12.1 Å². The lowest BCUT2D eigenvalue weighted by molar-refractivity contribution is -0.116. The van der Waals surface area contributed by atoms with Crippen molar-refractivity contribution < 1.29 is 22.3 Å². The summed E-state index contributed by atoms with van der Waals surface area (Å²) in [7, 11) is -2.53. The summed E-state index contributed by atoms with van der Waals surface area (Å²) in [6.45, 7) is 0. The number of sulfonamides is 1. The van der Waals surface area contributed by atoms with Gasteiger partial charge in [0.05, 0.1) is 17.7 Å². The number of anilines is 2. The number of rotatable bonds is 7. The molecule has 0 fully saturated rings. The molecule has 0 aliphatic heterocycles. The monoisotopic (exact) mass is 404 g/mol. The molecule has 1 aliphatic carbocycles. The maximum atomic E-state index is 13.1. The van der Waals surface area contributed by atoms with Gasteiger partial charge in [0.1, 0.15) is 11.6 Å². The molecule has 6 nitrogen and oxygen atoms in total. The van der Waals surface area contributed by atoms with Gasteiger partial charge in [0.2, 0.25) is 5.91 Å². The van der Waals surface area contributed by atoms with E-state index in [1.807, 2.05) is 6.08 Å². The molecule has 0 saturated carbocycles. The number of hydrogen-bond acceptors (Lipinski definition) is 4. The minimum atomic E-state index is -3.95. The number of carbonyl (C=O) groups excluding carboxylic acids is 1. The first kappa shape index (κ1) is 19.9. The van der Waals surface area contributed by atoms with Crippen molar-refractivity contribution in [3.63, 3.8) is 0 Å². The fraction of sp³-hybridized carbons (Fsp3) is 0.250. The van der Waals surface area contributed by atoms with E-state index in [2.05, 4.69) is 16.1 Å². The number of amides is 1. The summed E-state index contributed by atoms with van der Waals surface area (Å²) >= 11 is 0. The lowest BCUT2D eigenvalue weighted by Gasteiger charge is -2.14. The third-order valence-electron chi connectivity index (χ3n) is 4.41. The summed E-state index contributed by atoms with van der Waals surface area (Å²) in [5.41, 5.74) is 0.620. The Labute approximate surface area is 163 Å². The molecule has 0 unspecified atom stereocenters. The van der Waals surface area contributed by atoms with Crippen molar-refractivity contribution in [3.05, 3.63) is 60.4 Å². The van der Waals surface area contributed by atoms with Gasteiger partial charge in [0.25, 0.3) is 10.0 Å². The highest BCUT2D eigenvalue weighted by Gasteiger charge is 2.18. The molecule has 0 radical (unpaired) electrons. The quantitative estimate of drug-likeness (QED) is 0.685. The Morgan fingerprint density at radius 2 is 1.96 bits per heavy atom. The summed E-state index contributed by atoms with van der Waals surface area (Å²) in [6.07, 6.45) is 6.41. The fourth-order valence-electron chi connectivity index (χ4n) is 3.00. The summed E-state index contributed by atoms with van der Waals surface area (Å²) in [4.78, 5) is 12.1. The second-order valence-electron chi connectivity index (χ2n) is 6.49. The van der Waals surface area contributed by atoms with E-state index in [4.69, 9.17) is 4.74 Å². The van der Waals surface area contributed by atoms with E-state index in [-0.39, 0.29) is 22.4 Å². The molecule has 0 saturated heterocycles. The van der Waals surface area contributed by atoms with E-state index >= 15 is 0 Å². The van der Waals surface area contributed by atoms with Gasteiger partial charge >= 0.3 is 0 Å². The molecule has 1 aliphatic rings. The van der Waals surface area contributed by atoms with Crippen LogP contribution in [0.4, 0.5) is 15.8 Å². The van der Waals surface area contributed by atoms with Crippen molar-refractivity contribution in [2.75, 3.05) is 17.1 Å². The average molecular weight is 404 g/mol. The Hall–Kier alpha value is -2.87. The number of benzene rings is 2. The maximum absolute atomic E-state index is 13.1. The van der Waals surface area contributed by atoms with Gasteiger partial charge in [-0.15, -0.1) is 0 Å². The first-order valence-corrected chi connectivity index (χ1v) is 10.3. The Morgan fingerprint density at radius 1 is 1.21 bits per heavy atom. The van der Waals surface area contributed by atoms with Gasteiger partial charge in [-0.3, -0.25) is 9.52 Å². The van der Waals surface area contributed by atoms with Crippen molar-refractivity contribution in [2.24, 2.45) is 5.92 Å². The maximum Gasteiger partial charge on any atom is 0.262 e. The molecule has 0 heterocycles. The van der Waals surface area contributed by atoms with E-state index in [9.17, 15) is 17.6 Å². The molecule has 148 valence electrons. The molecule has 2 N–H and O–H groups in total. The van der Waals surface area contributed by atoms with Crippen molar-refractivity contribution >= 4 is 27.3 Å². The standard InChI is InChI=1S/C20H21FN2O4S/c1-27-19-11-8-16(22-20(24)12-14-4-2-3-5-14)13-18(19)23-28(25,26)17-9-6-15(21)7-10-17/h2,4,6-11,13-14,23H,3,5,12H2,1H3,(H,22,24)/t14-/m0/s1. The van der Waals surface area contributed by atoms with E-state index in [1.54, 1.807) is 12.1 Å². The highest BCUT2D eigenvalue weighted by Crippen LogP contribution is 2.30. The Kier molecular flexibility index (Phi) is 5.99.